The largest absolute Gasteiger partial charge is 0.379 e. The van der Waals surface area contributed by atoms with E-state index in [1.54, 1.807) is 12.1 Å². The van der Waals surface area contributed by atoms with E-state index in [1.165, 1.54) is 14.7 Å². The Kier molecular flexibility index (Phi) is 6.13. The Labute approximate surface area is 191 Å². The zero-order valence-electron chi connectivity index (χ0n) is 19.0. The third kappa shape index (κ3) is 3.85. The van der Waals surface area contributed by atoms with Gasteiger partial charge in [-0.1, -0.05) is 6.07 Å². The van der Waals surface area contributed by atoms with Gasteiger partial charge in [-0.15, -0.1) is 0 Å². The average Bonchev–Trinajstić information content (AvgIpc) is 2.77. The molecule has 174 valence electrons. The van der Waals surface area contributed by atoms with Crippen LogP contribution in [0.5, 0.6) is 0 Å². The lowest BCUT2D eigenvalue weighted by Crippen LogP contribution is -2.41. The molecule has 9 heteroatoms. The van der Waals surface area contributed by atoms with Gasteiger partial charge in [0, 0.05) is 19.6 Å². The highest BCUT2D eigenvalue weighted by Gasteiger charge is 2.34. The van der Waals surface area contributed by atoms with Crippen molar-refractivity contribution in [2.75, 3.05) is 37.2 Å². The second-order valence-corrected chi connectivity index (χ2v) is 12.3. The summed E-state index contributed by atoms with van der Waals surface area (Å²) in [6.07, 6.45) is 1.27. The zero-order chi connectivity index (χ0) is 23.3. The monoisotopic (exact) mass is 478 g/mol. The number of ether oxygens (including phenoxy) is 1. The Morgan fingerprint density at radius 1 is 0.812 bits per heavy atom. The molecule has 0 radical (unpaired) electrons. The fourth-order valence-electron chi connectivity index (χ4n) is 4.56. The summed E-state index contributed by atoms with van der Waals surface area (Å²) in [5, 5.41) is 0. The predicted octanol–water partition coefficient (Wildman–Crippen LogP) is 3.08. The van der Waals surface area contributed by atoms with Crippen molar-refractivity contribution in [1.82, 2.24) is 4.31 Å². The molecule has 32 heavy (non-hydrogen) atoms. The molecule has 0 spiro atoms. The van der Waals surface area contributed by atoms with Crippen LogP contribution < -0.4 is 4.31 Å². The quantitative estimate of drug-likeness (QED) is 0.674. The molecule has 2 aliphatic heterocycles. The van der Waals surface area contributed by atoms with Gasteiger partial charge < -0.3 is 4.74 Å². The van der Waals surface area contributed by atoms with Crippen molar-refractivity contribution in [2.45, 2.75) is 50.3 Å². The Hall–Kier alpha value is -1.94. The lowest BCUT2D eigenvalue weighted by atomic mass is 10.0. The number of sulfonamides is 2. The zero-order valence-corrected chi connectivity index (χ0v) is 20.6. The molecule has 0 bridgehead atoms. The second-order valence-electron chi connectivity index (χ2n) is 8.58. The third-order valence-corrected chi connectivity index (χ3v) is 10.6. The lowest BCUT2D eigenvalue weighted by Gasteiger charge is -2.33. The van der Waals surface area contributed by atoms with Gasteiger partial charge in [0.15, 0.2) is 0 Å². The van der Waals surface area contributed by atoms with Gasteiger partial charge in [0.05, 0.1) is 28.7 Å². The van der Waals surface area contributed by atoms with Crippen LogP contribution in [0.2, 0.25) is 0 Å². The van der Waals surface area contributed by atoms with E-state index in [-0.39, 0.29) is 4.90 Å². The molecule has 1 saturated heterocycles. The minimum absolute atomic E-state index is 0.205. The molecule has 2 aromatic rings. The van der Waals surface area contributed by atoms with E-state index in [0.29, 0.717) is 56.3 Å². The molecule has 0 unspecified atom stereocenters. The van der Waals surface area contributed by atoms with Gasteiger partial charge in [-0.05, 0) is 86.6 Å². The summed E-state index contributed by atoms with van der Waals surface area (Å²) in [7, 11) is -7.43. The second kappa shape index (κ2) is 8.44. The minimum Gasteiger partial charge on any atom is -0.379 e. The van der Waals surface area contributed by atoms with Crippen molar-refractivity contribution < 1.29 is 21.6 Å². The Balaban J connectivity index is 1.77. The third-order valence-electron chi connectivity index (χ3n) is 6.58. The Morgan fingerprint density at radius 2 is 1.44 bits per heavy atom. The average molecular weight is 479 g/mol. The molecule has 2 heterocycles. The first-order valence-corrected chi connectivity index (χ1v) is 13.7. The number of anilines is 1. The van der Waals surface area contributed by atoms with E-state index in [9.17, 15) is 16.8 Å². The number of fused-ring (bicyclic) bond motifs is 1. The summed E-state index contributed by atoms with van der Waals surface area (Å²) in [4.78, 5) is 0.559. The molecule has 2 aliphatic rings. The van der Waals surface area contributed by atoms with E-state index in [2.05, 4.69) is 0 Å². The van der Waals surface area contributed by atoms with Gasteiger partial charge in [0.2, 0.25) is 10.0 Å². The molecule has 0 amide bonds. The topological polar surface area (TPSA) is 84.0 Å². The molecule has 4 rings (SSSR count). The maximum Gasteiger partial charge on any atom is 0.264 e. The Bertz CT molecular complexity index is 1240. The molecule has 2 aromatic carbocycles. The van der Waals surface area contributed by atoms with E-state index in [1.807, 2.05) is 33.8 Å². The fourth-order valence-corrected chi connectivity index (χ4v) is 8.14. The Morgan fingerprint density at radius 3 is 2.06 bits per heavy atom. The van der Waals surface area contributed by atoms with Crippen LogP contribution >= 0.6 is 0 Å². The number of aryl methyl sites for hydroxylation is 3. The SMILES string of the molecule is Cc1cc(C)c(C)c(S(=O)(=O)N2CCCc3cc(S(=O)(=O)N4CCOCC4)ccc32)c1C. The van der Waals surface area contributed by atoms with Crippen molar-refractivity contribution in [3.63, 3.8) is 0 Å². The smallest absolute Gasteiger partial charge is 0.264 e. The van der Waals surface area contributed by atoms with Crippen molar-refractivity contribution >= 4 is 25.7 Å². The number of hydrogen-bond acceptors (Lipinski definition) is 5. The van der Waals surface area contributed by atoms with Crippen LogP contribution in [0.15, 0.2) is 34.1 Å². The number of benzene rings is 2. The van der Waals surface area contributed by atoms with Crippen LogP contribution in [0.4, 0.5) is 5.69 Å². The van der Waals surface area contributed by atoms with Crippen molar-refractivity contribution in [2.24, 2.45) is 0 Å². The van der Waals surface area contributed by atoms with E-state index >= 15 is 0 Å². The van der Waals surface area contributed by atoms with Crippen LogP contribution in [-0.4, -0.2) is 54.0 Å². The van der Waals surface area contributed by atoms with Crippen LogP contribution in [-0.2, 0) is 31.2 Å². The molecular weight excluding hydrogens is 448 g/mol. The first-order chi connectivity index (χ1) is 15.0. The van der Waals surface area contributed by atoms with Crippen LogP contribution in [0.1, 0.15) is 34.2 Å². The van der Waals surface area contributed by atoms with Crippen molar-refractivity contribution in [3.8, 4) is 0 Å². The molecule has 0 aliphatic carbocycles. The van der Waals surface area contributed by atoms with Crippen LogP contribution in [0.3, 0.4) is 0 Å². The summed E-state index contributed by atoms with van der Waals surface area (Å²) in [6, 6.07) is 6.82. The highest BCUT2D eigenvalue weighted by molar-refractivity contribution is 7.93. The first kappa shape index (κ1) is 23.2. The first-order valence-electron chi connectivity index (χ1n) is 10.9. The lowest BCUT2D eigenvalue weighted by molar-refractivity contribution is 0.0730. The molecular formula is C23H30N2O5S2. The molecule has 1 fully saturated rings. The van der Waals surface area contributed by atoms with Crippen LogP contribution in [0, 0.1) is 27.7 Å². The van der Waals surface area contributed by atoms with Crippen molar-refractivity contribution in [3.05, 3.63) is 52.1 Å². The summed E-state index contributed by atoms with van der Waals surface area (Å²) >= 11 is 0. The molecule has 7 nitrogen and oxygen atoms in total. The molecule has 0 N–H and O–H groups in total. The highest BCUT2D eigenvalue weighted by atomic mass is 32.2. The van der Waals surface area contributed by atoms with Gasteiger partial charge in [-0.25, -0.2) is 16.8 Å². The standard InChI is InChI=1S/C23H30N2O5S2/c1-16-14-17(2)19(4)23(18(16)3)32(28,29)25-9-5-6-20-15-21(7-8-22(20)25)31(26,27)24-10-12-30-13-11-24/h7-8,14-15H,5-6,9-13H2,1-4H3. The van der Waals surface area contributed by atoms with Gasteiger partial charge >= 0.3 is 0 Å². The number of nitrogens with zero attached hydrogens (tertiary/aromatic N) is 2. The highest BCUT2D eigenvalue weighted by Crippen LogP contribution is 2.37. The normalized spacial score (nSPS) is 17.9. The maximum atomic E-state index is 13.8. The fraction of sp³-hybridized carbons (Fsp3) is 0.478. The van der Waals surface area contributed by atoms with Crippen molar-refractivity contribution in [1.29, 1.82) is 0 Å². The van der Waals surface area contributed by atoms with Gasteiger partial charge in [0.25, 0.3) is 10.0 Å². The number of morpholine rings is 1. The van der Waals surface area contributed by atoms with E-state index < -0.39 is 20.0 Å². The molecule has 0 atom stereocenters. The van der Waals surface area contributed by atoms with Crippen LogP contribution in [0.25, 0.3) is 0 Å². The predicted molar refractivity (Wildman–Crippen MR) is 124 cm³/mol. The van der Waals surface area contributed by atoms with Gasteiger partial charge in [0.1, 0.15) is 0 Å². The van der Waals surface area contributed by atoms with Gasteiger partial charge in [-0.3, -0.25) is 4.31 Å². The van der Waals surface area contributed by atoms with E-state index in [0.717, 1.165) is 27.8 Å². The number of hydrogen-bond donors (Lipinski definition) is 0. The number of rotatable bonds is 4. The van der Waals surface area contributed by atoms with Gasteiger partial charge in [-0.2, -0.15) is 4.31 Å². The minimum atomic E-state index is -3.79. The summed E-state index contributed by atoms with van der Waals surface area (Å²) in [5.74, 6) is 0. The maximum absolute atomic E-state index is 13.8. The molecule has 0 saturated carbocycles. The summed E-state index contributed by atoms with van der Waals surface area (Å²) in [6.45, 7) is 9.32. The molecule has 0 aromatic heterocycles. The van der Waals surface area contributed by atoms with E-state index in [4.69, 9.17) is 4.74 Å². The summed E-state index contributed by atoms with van der Waals surface area (Å²) in [5.41, 5.74) is 4.70. The summed E-state index contributed by atoms with van der Waals surface area (Å²) < 4.78 is 61.9.